The van der Waals surface area contributed by atoms with E-state index in [0.717, 1.165) is 17.0 Å². The second-order valence-electron chi connectivity index (χ2n) is 18.3. The van der Waals surface area contributed by atoms with Crippen molar-refractivity contribution in [1.82, 2.24) is 0 Å². The van der Waals surface area contributed by atoms with Crippen LogP contribution < -0.4 is 0 Å². The minimum absolute atomic E-state index is 0. The molecule has 49 heavy (non-hydrogen) atoms. The number of unbranched alkanes of at least 4 members (excludes halogenated alkanes) is 1. The van der Waals surface area contributed by atoms with Gasteiger partial charge in [-0.2, -0.15) is 0 Å². The maximum atomic E-state index is 6.05. The molecule has 0 radical (unpaired) electrons. The predicted molar refractivity (Wildman–Crippen MR) is 217 cm³/mol. The van der Waals surface area contributed by atoms with Crippen molar-refractivity contribution in [3.05, 3.63) is 122 Å². The van der Waals surface area contributed by atoms with Gasteiger partial charge in [0.15, 0.2) is 0 Å². The quantitative estimate of drug-likeness (QED) is 0.263. The fraction of sp³-hybridized carbons (Fsp3) is 0.500. The van der Waals surface area contributed by atoms with Crippen molar-refractivity contribution < 1.29 is 18.3 Å². The number of allylic oxidation sites excluding steroid dienone is 10. The molecule has 3 heteroatoms. The SMILES string of the molecule is Cl.Cl.[CH2]=[Zr]([CH2]CCC)([CH2]c1ccccc1)([C]1=CC=CC1)[C]1(C)C2=C3Cc4ccccc4C3=C3C=CCCC3C2(C)C(C)(C)C(C)(C)C1(C)C. The first-order valence-electron chi connectivity index (χ1n) is 18.8. The van der Waals surface area contributed by atoms with Crippen LogP contribution in [0, 0.1) is 27.6 Å². The van der Waals surface area contributed by atoms with Gasteiger partial charge in [-0.25, -0.2) is 0 Å². The standard InChI is InChI=1S/C29H37.C7H7.C5H5.C4H9.CH2.2ClH.Zr/c1-18-25-22-17-19-13-9-10-14-20(19)24(22)21-15-11-12-16-23(21)29(25,8)28(6,7)27(4,5)26(18,2)3;1-7-5-3-2-4-6-7;1-2-4-5-3-1;1-3-4-2;;;;/h9-11,13-15,23H,12,16-17H2,1-8H3;2-6H,1H2;1-3H,4H2;1,3-4H2,2H3;1H2;2*1H;. The maximum absolute atomic E-state index is 6.05. The molecule has 0 amide bonds. The zero-order valence-corrected chi connectivity index (χ0v) is 35.9. The molecule has 7 rings (SSSR count). The van der Waals surface area contributed by atoms with E-state index >= 15 is 0 Å². The summed E-state index contributed by atoms with van der Waals surface area (Å²) in [6, 6.07) is 21.0. The van der Waals surface area contributed by atoms with Crippen LogP contribution in [0.1, 0.15) is 111 Å². The Bertz CT molecular complexity index is 1860. The van der Waals surface area contributed by atoms with Crippen molar-refractivity contribution in [1.29, 1.82) is 0 Å². The van der Waals surface area contributed by atoms with Crippen LogP contribution >= 0.6 is 24.8 Å². The van der Waals surface area contributed by atoms with Crippen molar-refractivity contribution in [2.75, 3.05) is 0 Å². The molecule has 3 unspecified atom stereocenters. The van der Waals surface area contributed by atoms with Gasteiger partial charge in [-0.3, -0.25) is 0 Å². The fourth-order valence-corrected chi connectivity index (χ4v) is 34.6. The molecule has 0 N–H and O–H groups in total. The van der Waals surface area contributed by atoms with E-state index in [2.05, 4.69) is 147 Å². The third-order valence-corrected chi connectivity index (χ3v) is 37.3. The first-order valence-corrected chi connectivity index (χ1v) is 26.5. The predicted octanol–water partition coefficient (Wildman–Crippen LogP) is 13.8. The van der Waals surface area contributed by atoms with Crippen molar-refractivity contribution in [2.24, 2.45) is 27.6 Å². The van der Waals surface area contributed by atoms with E-state index in [0.29, 0.717) is 5.92 Å². The van der Waals surface area contributed by atoms with E-state index in [4.69, 9.17) is 4.21 Å². The van der Waals surface area contributed by atoms with Gasteiger partial charge in [-0.15, -0.1) is 24.8 Å². The molecule has 5 aliphatic rings. The second kappa shape index (κ2) is 12.6. The third-order valence-electron chi connectivity index (χ3n) is 16.8. The van der Waals surface area contributed by atoms with E-state index in [9.17, 15) is 0 Å². The molecule has 264 valence electrons. The van der Waals surface area contributed by atoms with Gasteiger partial charge in [0.25, 0.3) is 0 Å². The normalized spacial score (nSPS) is 28.9. The van der Waals surface area contributed by atoms with Gasteiger partial charge in [0.05, 0.1) is 0 Å². The van der Waals surface area contributed by atoms with Crippen LogP contribution in [0.2, 0.25) is 7.25 Å². The van der Waals surface area contributed by atoms with Gasteiger partial charge >= 0.3 is 290 Å². The topological polar surface area (TPSA) is 0 Å². The summed E-state index contributed by atoms with van der Waals surface area (Å²) in [6.45, 7) is 24.1. The number of fused-ring (bicyclic) bond motifs is 6. The molecule has 1 fully saturated rings. The molecule has 0 nitrogen and oxygen atoms in total. The van der Waals surface area contributed by atoms with Gasteiger partial charge < -0.3 is 0 Å². The van der Waals surface area contributed by atoms with Crippen molar-refractivity contribution in [3.63, 3.8) is 0 Å². The Kier molecular flexibility index (Phi) is 9.92. The molecule has 0 bridgehead atoms. The molecule has 0 aliphatic heterocycles. The zero-order chi connectivity index (χ0) is 33.7. The minimum atomic E-state index is -4.49. The summed E-state index contributed by atoms with van der Waals surface area (Å²) in [6.07, 6.45) is 19.5. The molecular formula is C46H62Cl2Zr. The van der Waals surface area contributed by atoms with Crippen LogP contribution in [-0.4, -0.2) is 4.21 Å². The molecule has 2 aromatic carbocycles. The Morgan fingerprint density at radius 2 is 1.49 bits per heavy atom. The van der Waals surface area contributed by atoms with Gasteiger partial charge in [0.1, 0.15) is 0 Å². The monoisotopic (exact) mass is 774 g/mol. The van der Waals surface area contributed by atoms with E-state index in [-0.39, 0.29) is 49.6 Å². The van der Waals surface area contributed by atoms with Gasteiger partial charge in [-0.05, 0) is 0 Å². The van der Waals surface area contributed by atoms with Crippen LogP contribution in [0.3, 0.4) is 0 Å². The molecule has 0 heterocycles. The number of hydrogen-bond acceptors (Lipinski definition) is 0. The van der Waals surface area contributed by atoms with Crippen LogP contribution in [0.4, 0.5) is 0 Å². The van der Waals surface area contributed by atoms with Crippen LogP contribution in [0.5, 0.6) is 0 Å². The molecule has 1 saturated carbocycles. The summed E-state index contributed by atoms with van der Waals surface area (Å²) in [5.74, 6) is 0.503. The van der Waals surface area contributed by atoms with E-state index in [1.54, 1.807) is 20.0 Å². The zero-order valence-electron chi connectivity index (χ0n) is 31.8. The number of benzene rings is 2. The van der Waals surface area contributed by atoms with E-state index < -0.39 is 18.3 Å². The number of halogens is 2. The first-order chi connectivity index (χ1) is 22.1. The van der Waals surface area contributed by atoms with Crippen LogP contribution in [-0.2, 0) is 28.8 Å². The summed E-state index contributed by atoms with van der Waals surface area (Å²) in [7, 11) is 0. The third kappa shape index (κ3) is 4.59. The Balaban J connectivity index is 0.00000234. The summed E-state index contributed by atoms with van der Waals surface area (Å²) in [5, 5.41) is 0. The Morgan fingerprint density at radius 3 is 2.14 bits per heavy atom. The first kappa shape index (κ1) is 38.7. The number of hydrogen-bond donors (Lipinski definition) is 0. The number of rotatable bonds is 7. The van der Waals surface area contributed by atoms with E-state index in [1.807, 2.05) is 5.57 Å². The summed E-state index contributed by atoms with van der Waals surface area (Å²) >= 11 is -4.49. The van der Waals surface area contributed by atoms with Crippen molar-refractivity contribution >= 4 is 34.6 Å². The van der Waals surface area contributed by atoms with Crippen LogP contribution in [0.15, 0.2) is 105 Å². The van der Waals surface area contributed by atoms with Crippen molar-refractivity contribution in [2.45, 2.75) is 112 Å². The second-order valence-corrected chi connectivity index (χ2v) is 33.9. The summed E-state index contributed by atoms with van der Waals surface area (Å²) in [5.41, 5.74) is 11.4. The van der Waals surface area contributed by atoms with Crippen LogP contribution in [0.25, 0.3) is 5.57 Å². The summed E-state index contributed by atoms with van der Waals surface area (Å²) in [4.78, 5) is 0. The van der Waals surface area contributed by atoms with E-state index in [1.165, 1.54) is 46.5 Å². The van der Waals surface area contributed by atoms with Gasteiger partial charge in [0, 0.05) is 0 Å². The Hall–Kier alpha value is -1.53. The average molecular weight is 777 g/mol. The van der Waals surface area contributed by atoms with Gasteiger partial charge in [-0.1, -0.05) is 0 Å². The van der Waals surface area contributed by atoms with Gasteiger partial charge in [0.2, 0.25) is 0 Å². The Labute approximate surface area is 312 Å². The molecular weight excluding hydrogens is 715 g/mol. The average Bonchev–Trinajstić information content (AvgIpc) is 3.73. The summed E-state index contributed by atoms with van der Waals surface area (Å²) < 4.78 is 10.2. The molecule has 3 atom stereocenters. The molecule has 0 saturated heterocycles. The van der Waals surface area contributed by atoms with Crippen molar-refractivity contribution in [3.8, 4) is 0 Å². The fourth-order valence-electron chi connectivity index (χ4n) is 12.8. The molecule has 5 aliphatic carbocycles. The Morgan fingerprint density at radius 1 is 0.816 bits per heavy atom. The molecule has 0 aromatic heterocycles. The molecule has 2 aromatic rings. The molecule has 0 spiro atoms.